The first-order valence-electron chi connectivity index (χ1n) is 6.62. The van der Waals surface area contributed by atoms with Crippen LogP contribution in [-0.4, -0.2) is 23.4 Å². The molecule has 2 heterocycles. The predicted octanol–water partition coefficient (Wildman–Crippen LogP) is 2.47. The van der Waals surface area contributed by atoms with Crippen LogP contribution < -0.4 is 0 Å². The van der Waals surface area contributed by atoms with Gasteiger partial charge in [-0.2, -0.15) is 0 Å². The number of aryl methyl sites for hydroxylation is 1. The summed E-state index contributed by atoms with van der Waals surface area (Å²) < 4.78 is 0. The molecule has 17 heavy (non-hydrogen) atoms. The zero-order valence-corrected chi connectivity index (χ0v) is 10.4. The van der Waals surface area contributed by atoms with Crippen LogP contribution in [0.4, 0.5) is 0 Å². The fourth-order valence-electron chi connectivity index (χ4n) is 3.26. The number of rotatable bonds is 0. The molecule has 90 valence electrons. The second kappa shape index (κ2) is 4.17. The second-order valence-corrected chi connectivity index (χ2v) is 5.33. The van der Waals surface area contributed by atoms with Gasteiger partial charge in [0.2, 0.25) is 5.91 Å². The highest BCUT2D eigenvalue weighted by atomic mass is 16.2. The van der Waals surface area contributed by atoms with Crippen molar-refractivity contribution in [2.45, 2.75) is 45.1 Å². The SMILES string of the molecule is Cc1cccc2c1CC1CCCCN1C(=O)C2. The summed E-state index contributed by atoms with van der Waals surface area (Å²) in [6.07, 6.45) is 5.30. The summed E-state index contributed by atoms with van der Waals surface area (Å²) >= 11 is 0. The molecule has 0 aliphatic carbocycles. The van der Waals surface area contributed by atoms with Crippen LogP contribution in [0, 0.1) is 6.92 Å². The summed E-state index contributed by atoms with van der Waals surface area (Å²) in [7, 11) is 0. The van der Waals surface area contributed by atoms with E-state index in [-0.39, 0.29) is 0 Å². The Hall–Kier alpha value is -1.31. The summed E-state index contributed by atoms with van der Waals surface area (Å²) in [4.78, 5) is 14.4. The third-order valence-corrected chi connectivity index (χ3v) is 4.24. The van der Waals surface area contributed by atoms with Crippen LogP contribution in [0.3, 0.4) is 0 Å². The number of piperidine rings is 1. The standard InChI is InChI=1S/C15H19NO/c1-11-5-4-6-12-9-15(17)16-8-3-2-7-13(16)10-14(11)12/h4-6,13H,2-3,7-10H2,1H3. The molecule has 1 amide bonds. The van der Waals surface area contributed by atoms with Gasteiger partial charge in [-0.3, -0.25) is 4.79 Å². The van der Waals surface area contributed by atoms with Crippen LogP contribution >= 0.6 is 0 Å². The van der Waals surface area contributed by atoms with Crippen molar-refractivity contribution in [1.29, 1.82) is 0 Å². The maximum atomic E-state index is 12.2. The van der Waals surface area contributed by atoms with E-state index in [0.717, 1.165) is 13.0 Å². The quantitative estimate of drug-likeness (QED) is 0.669. The summed E-state index contributed by atoms with van der Waals surface area (Å²) in [6, 6.07) is 6.82. The lowest BCUT2D eigenvalue weighted by molar-refractivity contribution is -0.133. The van der Waals surface area contributed by atoms with Gasteiger partial charge in [0, 0.05) is 12.6 Å². The Labute approximate surface area is 103 Å². The second-order valence-electron chi connectivity index (χ2n) is 5.33. The van der Waals surface area contributed by atoms with Crippen LogP contribution in [0.1, 0.15) is 36.0 Å². The molecule has 1 atom stereocenters. The highest BCUT2D eigenvalue weighted by molar-refractivity contribution is 5.80. The summed E-state index contributed by atoms with van der Waals surface area (Å²) in [5.74, 6) is 0.332. The summed E-state index contributed by atoms with van der Waals surface area (Å²) in [5, 5.41) is 0. The van der Waals surface area contributed by atoms with Crippen LogP contribution in [-0.2, 0) is 17.6 Å². The Bertz CT molecular complexity index is 452. The zero-order valence-electron chi connectivity index (χ0n) is 10.4. The molecular formula is C15H19NO. The number of carbonyl (C=O) groups excluding carboxylic acids is 1. The Morgan fingerprint density at radius 3 is 3.06 bits per heavy atom. The molecule has 3 rings (SSSR count). The van der Waals surface area contributed by atoms with Gasteiger partial charge in [0.1, 0.15) is 0 Å². The highest BCUT2D eigenvalue weighted by Crippen LogP contribution is 2.28. The largest absolute Gasteiger partial charge is 0.339 e. The maximum Gasteiger partial charge on any atom is 0.227 e. The molecule has 1 aromatic carbocycles. The molecule has 1 fully saturated rings. The fraction of sp³-hybridized carbons (Fsp3) is 0.533. The van der Waals surface area contributed by atoms with Gasteiger partial charge >= 0.3 is 0 Å². The van der Waals surface area contributed by atoms with E-state index in [1.165, 1.54) is 36.0 Å². The molecule has 0 aromatic heterocycles. The number of benzene rings is 1. The van der Waals surface area contributed by atoms with E-state index in [9.17, 15) is 4.79 Å². The average molecular weight is 229 g/mol. The third kappa shape index (κ3) is 1.86. The Kier molecular flexibility index (Phi) is 2.65. The monoisotopic (exact) mass is 229 g/mol. The molecule has 1 saturated heterocycles. The number of nitrogens with zero attached hydrogens (tertiary/aromatic N) is 1. The molecular weight excluding hydrogens is 210 g/mol. The van der Waals surface area contributed by atoms with E-state index in [1.807, 2.05) is 0 Å². The first-order valence-corrected chi connectivity index (χ1v) is 6.62. The maximum absolute atomic E-state index is 12.2. The zero-order chi connectivity index (χ0) is 11.8. The molecule has 0 N–H and O–H groups in total. The molecule has 2 nitrogen and oxygen atoms in total. The van der Waals surface area contributed by atoms with Crippen molar-refractivity contribution in [3.8, 4) is 0 Å². The topological polar surface area (TPSA) is 20.3 Å². The fourth-order valence-corrected chi connectivity index (χ4v) is 3.26. The van der Waals surface area contributed by atoms with E-state index in [0.29, 0.717) is 18.4 Å². The van der Waals surface area contributed by atoms with E-state index < -0.39 is 0 Å². The molecule has 0 saturated carbocycles. The number of amides is 1. The molecule has 1 aromatic rings. The summed E-state index contributed by atoms with van der Waals surface area (Å²) in [5.41, 5.74) is 4.03. The minimum atomic E-state index is 0.332. The first kappa shape index (κ1) is 10.8. The normalized spacial score (nSPS) is 23.9. The minimum Gasteiger partial charge on any atom is -0.339 e. The van der Waals surface area contributed by atoms with Crippen LogP contribution in [0.5, 0.6) is 0 Å². The molecule has 2 aliphatic rings. The lowest BCUT2D eigenvalue weighted by atomic mass is 9.92. The van der Waals surface area contributed by atoms with Gasteiger partial charge in [0.05, 0.1) is 6.42 Å². The molecule has 1 unspecified atom stereocenters. The number of hydrogen-bond donors (Lipinski definition) is 0. The molecule has 0 spiro atoms. The smallest absolute Gasteiger partial charge is 0.227 e. The van der Waals surface area contributed by atoms with Gasteiger partial charge in [-0.25, -0.2) is 0 Å². The number of fused-ring (bicyclic) bond motifs is 2. The van der Waals surface area contributed by atoms with Crippen molar-refractivity contribution in [3.63, 3.8) is 0 Å². The van der Waals surface area contributed by atoms with Gasteiger partial charge in [-0.1, -0.05) is 18.2 Å². The Morgan fingerprint density at radius 1 is 1.29 bits per heavy atom. The van der Waals surface area contributed by atoms with Crippen LogP contribution in [0.25, 0.3) is 0 Å². The van der Waals surface area contributed by atoms with E-state index in [2.05, 4.69) is 30.0 Å². The Balaban J connectivity index is 2.01. The van der Waals surface area contributed by atoms with Gasteiger partial charge in [-0.05, 0) is 49.3 Å². The van der Waals surface area contributed by atoms with Crippen LogP contribution in [0.2, 0.25) is 0 Å². The van der Waals surface area contributed by atoms with Crippen LogP contribution in [0.15, 0.2) is 18.2 Å². The summed E-state index contributed by atoms with van der Waals surface area (Å²) in [6.45, 7) is 3.14. The van der Waals surface area contributed by atoms with Gasteiger partial charge in [0.25, 0.3) is 0 Å². The number of hydrogen-bond acceptors (Lipinski definition) is 1. The average Bonchev–Trinajstić information content (AvgIpc) is 2.47. The van der Waals surface area contributed by atoms with E-state index in [1.54, 1.807) is 0 Å². The van der Waals surface area contributed by atoms with Crippen molar-refractivity contribution in [2.24, 2.45) is 0 Å². The molecule has 2 aliphatic heterocycles. The van der Waals surface area contributed by atoms with Gasteiger partial charge < -0.3 is 4.90 Å². The van der Waals surface area contributed by atoms with Crippen molar-refractivity contribution >= 4 is 5.91 Å². The third-order valence-electron chi connectivity index (χ3n) is 4.24. The van der Waals surface area contributed by atoms with Crippen molar-refractivity contribution in [3.05, 3.63) is 34.9 Å². The van der Waals surface area contributed by atoms with E-state index in [4.69, 9.17) is 0 Å². The van der Waals surface area contributed by atoms with Gasteiger partial charge in [-0.15, -0.1) is 0 Å². The van der Waals surface area contributed by atoms with Crippen molar-refractivity contribution < 1.29 is 4.79 Å². The van der Waals surface area contributed by atoms with Gasteiger partial charge in [0.15, 0.2) is 0 Å². The van der Waals surface area contributed by atoms with E-state index >= 15 is 0 Å². The lowest BCUT2D eigenvalue weighted by Crippen LogP contribution is -2.44. The minimum absolute atomic E-state index is 0.332. The van der Waals surface area contributed by atoms with Crippen molar-refractivity contribution in [2.75, 3.05) is 6.54 Å². The lowest BCUT2D eigenvalue weighted by Gasteiger charge is -2.34. The predicted molar refractivity (Wildman–Crippen MR) is 67.9 cm³/mol. The Morgan fingerprint density at radius 2 is 2.18 bits per heavy atom. The highest BCUT2D eigenvalue weighted by Gasteiger charge is 2.30. The molecule has 0 bridgehead atoms. The molecule has 2 heteroatoms. The molecule has 0 radical (unpaired) electrons. The first-order chi connectivity index (χ1) is 8.25. The van der Waals surface area contributed by atoms with Crippen molar-refractivity contribution in [1.82, 2.24) is 4.90 Å². The number of carbonyl (C=O) groups is 1.